The third-order valence-corrected chi connectivity index (χ3v) is 9.55. The van der Waals surface area contributed by atoms with E-state index in [-0.39, 0.29) is 25.8 Å². The molecule has 4 aliphatic heterocycles. The number of benzene rings is 4. The van der Waals surface area contributed by atoms with Crippen molar-refractivity contribution in [3.63, 3.8) is 0 Å². The Morgan fingerprint density at radius 1 is 0.766 bits per heavy atom. The Hall–Kier alpha value is -4.91. The predicted molar refractivity (Wildman–Crippen MR) is 172 cm³/mol. The van der Waals surface area contributed by atoms with Gasteiger partial charge in [0, 0.05) is 21.6 Å². The van der Waals surface area contributed by atoms with E-state index in [1.165, 1.54) is 12.0 Å². The molecule has 2 fully saturated rings. The fourth-order valence-corrected chi connectivity index (χ4v) is 7.18. The summed E-state index contributed by atoms with van der Waals surface area (Å²) >= 11 is 1.67. The number of aromatic nitrogens is 2. The Kier molecular flexibility index (Phi) is 7.97. The molecule has 47 heavy (non-hydrogen) atoms. The summed E-state index contributed by atoms with van der Waals surface area (Å²) in [7, 11) is 1.31. The maximum absolute atomic E-state index is 11.2. The summed E-state index contributed by atoms with van der Waals surface area (Å²) in [6, 6.07) is 28.2. The summed E-state index contributed by atoms with van der Waals surface area (Å²) in [5.41, 5.74) is 3.90. The lowest BCUT2D eigenvalue weighted by molar-refractivity contribution is 0.0192. The zero-order valence-electron chi connectivity index (χ0n) is 25.3. The minimum absolute atomic E-state index is 0.0218. The first-order valence-corrected chi connectivity index (χ1v) is 16.0. The topological polar surface area (TPSA) is 122 Å². The van der Waals surface area contributed by atoms with Gasteiger partial charge in [-0.05, 0) is 65.7 Å². The Morgan fingerprint density at radius 3 is 2.00 bits per heavy atom. The molecule has 0 radical (unpaired) electrons. The molecule has 0 aliphatic carbocycles. The van der Waals surface area contributed by atoms with Crippen LogP contribution < -0.4 is 24.3 Å². The second kappa shape index (κ2) is 12.7. The van der Waals surface area contributed by atoms with Crippen molar-refractivity contribution in [2.45, 2.75) is 22.0 Å². The van der Waals surface area contributed by atoms with E-state index in [1.54, 1.807) is 11.8 Å². The average Bonchev–Trinajstić information content (AvgIpc) is 3.93. The van der Waals surface area contributed by atoms with Crippen LogP contribution >= 0.6 is 11.8 Å². The highest BCUT2D eigenvalue weighted by Gasteiger charge is 2.48. The van der Waals surface area contributed by atoms with E-state index < -0.39 is 6.09 Å². The molecule has 4 atom stereocenters. The predicted octanol–water partition coefficient (Wildman–Crippen LogP) is 7.11. The maximum Gasteiger partial charge on any atom is 0.413 e. The van der Waals surface area contributed by atoms with Crippen LogP contribution in [0.5, 0.6) is 23.0 Å². The number of nitrogens with one attached hydrogen (secondary N) is 2. The van der Waals surface area contributed by atoms with Gasteiger partial charge in [-0.1, -0.05) is 42.1 Å². The lowest BCUT2D eigenvalue weighted by Crippen LogP contribution is -2.14. The van der Waals surface area contributed by atoms with Gasteiger partial charge in [0.2, 0.25) is 19.5 Å². The molecule has 0 spiro atoms. The molecule has 0 saturated carbocycles. The van der Waals surface area contributed by atoms with Gasteiger partial charge in [0.25, 0.3) is 0 Å². The second-order valence-electron chi connectivity index (χ2n) is 11.4. The maximum atomic E-state index is 11.2. The first kappa shape index (κ1) is 29.5. The van der Waals surface area contributed by atoms with E-state index in [2.05, 4.69) is 44.3 Å². The summed E-state index contributed by atoms with van der Waals surface area (Å²) < 4.78 is 38.7. The second-order valence-corrected chi connectivity index (χ2v) is 12.5. The van der Waals surface area contributed by atoms with E-state index >= 15 is 0 Å². The van der Waals surface area contributed by atoms with Crippen molar-refractivity contribution in [1.82, 2.24) is 9.97 Å². The molecule has 9 rings (SSSR count). The number of anilines is 1. The number of carbonyl (C=O) groups is 1. The van der Waals surface area contributed by atoms with Crippen LogP contribution in [0.15, 0.2) is 94.7 Å². The Labute approximate surface area is 274 Å². The van der Waals surface area contributed by atoms with Gasteiger partial charge in [-0.25, -0.2) is 9.78 Å². The number of rotatable bonds is 5. The molecule has 12 heteroatoms. The number of imidazole rings is 1. The molecule has 5 heterocycles. The molecule has 2 saturated heterocycles. The Bertz CT molecular complexity index is 1850. The molecule has 4 aromatic carbocycles. The summed E-state index contributed by atoms with van der Waals surface area (Å²) in [4.78, 5) is 20.8. The fourth-order valence-electron chi connectivity index (χ4n) is 6.30. The molecule has 4 unspecified atom stereocenters. The molecule has 0 bridgehead atoms. The van der Waals surface area contributed by atoms with E-state index in [0.717, 1.165) is 50.1 Å². The van der Waals surface area contributed by atoms with Crippen LogP contribution in [-0.2, 0) is 14.2 Å². The Balaban J connectivity index is 0.000000142. The third-order valence-electron chi connectivity index (χ3n) is 8.55. The lowest BCUT2D eigenvalue weighted by Gasteiger charge is -2.17. The summed E-state index contributed by atoms with van der Waals surface area (Å²) in [5.74, 6) is 4.20. The number of hydrogen-bond acceptors (Lipinski definition) is 10. The van der Waals surface area contributed by atoms with Crippen molar-refractivity contribution >= 4 is 34.8 Å². The van der Waals surface area contributed by atoms with Crippen LogP contribution in [0, 0.1) is 11.8 Å². The monoisotopic (exact) mass is 653 g/mol. The molecule has 11 nitrogen and oxygen atoms in total. The van der Waals surface area contributed by atoms with Crippen LogP contribution in [0.3, 0.4) is 0 Å². The normalized spacial score (nSPS) is 21.6. The molecule has 1 amide bonds. The molecule has 1 aromatic heterocycles. The van der Waals surface area contributed by atoms with Gasteiger partial charge < -0.3 is 38.1 Å². The van der Waals surface area contributed by atoms with Gasteiger partial charge in [-0.3, -0.25) is 5.32 Å². The number of carbonyl (C=O) groups excluding carboxylic acids is 1. The molecular weight excluding hydrogens is 622 g/mol. The number of hydrogen-bond donors (Lipinski definition) is 2. The largest absolute Gasteiger partial charge is 0.454 e. The SMILES string of the molecule is COC(=O)Nc1nc2ccc(Sc3ccccc3)cc2[nH]1.c1cc2c(cc1C1OCC3C(c4ccc5c(c4)OCO5)OCC13)OCO2. The van der Waals surface area contributed by atoms with Crippen LogP contribution in [0.25, 0.3) is 11.0 Å². The Morgan fingerprint density at radius 2 is 1.38 bits per heavy atom. The van der Waals surface area contributed by atoms with Crippen molar-refractivity contribution in [2.24, 2.45) is 11.8 Å². The number of nitrogens with zero attached hydrogens (tertiary/aromatic N) is 1. The molecule has 240 valence electrons. The highest BCUT2D eigenvalue weighted by Crippen LogP contribution is 2.52. The van der Waals surface area contributed by atoms with Gasteiger partial charge in [-0.15, -0.1) is 0 Å². The van der Waals surface area contributed by atoms with E-state index in [1.807, 2.05) is 60.7 Å². The smallest absolute Gasteiger partial charge is 0.413 e. The van der Waals surface area contributed by atoms with E-state index in [0.29, 0.717) is 31.0 Å². The third kappa shape index (κ3) is 6.02. The average molecular weight is 654 g/mol. The highest BCUT2D eigenvalue weighted by atomic mass is 32.2. The summed E-state index contributed by atoms with van der Waals surface area (Å²) in [6.07, 6.45) is -0.505. The number of aromatic amines is 1. The van der Waals surface area contributed by atoms with E-state index in [4.69, 9.17) is 28.4 Å². The number of fused-ring (bicyclic) bond motifs is 4. The van der Waals surface area contributed by atoms with E-state index in [9.17, 15) is 4.79 Å². The minimum Gasteiger partial charge on any atom is -0.454 e. The van der Waals surface area contributed by atoms with Crippen molar-refractivity contribution < 1.29 is 38.0 Å². The number of methoxy groups -OCH3 is 1. The number of H-pyrrole nitrogens is 1. The van der Waals surface area contributed by atoms with Gasteiger partial charge in [0.15, 0.2) is 23.0 Å². The van der Waals surface area contributed by atoms with Crippen molar-refractivity contribution in [2.75, 3.05) is 39.2 Å². The van der Waals surface area contributed by atoms with Crippen molar-refractivity contribution in [3.8, 4) is 23.0 Å². The quantitative estimate of drug-likeness (QED) is 0.203. The summed E-state index contributed by atoms with van der Waals surface area (Å²) in [6.45, 7) is 1.93. The highest BCUT2D eigenvalue weighted by molar-refractivity contribution is 7.99. The standard InChI is InChI=1S/C20H18O6.C15H13N3O2S/c1-3-15-17(25-9-23-15)5-11(1)19-13-7-22-20(14(13)8-21-19)12-2-4-16-18(6-12)26-10-24-16;1-20-15(19)18-14-16-12-8-7-11(9-13(12)17-14)21-10-5-3-2-4-6-10/h1-6,13-14,19-20H,7-10H2;2-9H,1H3,(H2,16,17,18,19). The van der Waals surface area contributed by atoms with Crippen LogP contribution in [0.4, 0.5) is 10.7 Å². The van der Waals surface area contributed by atoms with Crippen LogP contribution in [0.1, 0.15) is 23.3 Å². The molecule has 5 aromatic rings. The van der Waals surface area contributed by atoms with Gasteiger partial charge >= 0.3 is 6.09 Å². The molecule has 2 N–H and O–H groups in total. The first-order chi connectivity index (χ1) is 23.1. The molecule has 4 aliphatic rings. The fraction of sp³-hybridized carbons (Fsp3) is 0.257. The van der Waals surface area contributed by atoms with Gasteiger partial charge in [-0.2, -0.15) is 0 Å². The van der Waals surface area contributed by atoms with Crippen molar-refractivity contribution in [3.05, 3.63) is 96.1 Å². The zero-order chi connectivity index (χ0) is 31.7. The minimum atomic E-state index is -0.548. The first-order valence-electron chi connectivity index (χ1n) is 15.2. The number of amides is 1. The van der Waals surface area contributed by atoms with Crippen molar-refractivity contribution in [1.29, 1.82) is 0 Å². The van der Waals surface area contributed by atoms with Crippen LogP contribution in [0.2, 0.25) is 0 Å². The van der Waals surface area contributed by atoms with Gasteiger partial charge in [0.1, 0.15) is 0 Å². The lowest BCUT2D eigenvalue weighted by atomic mass is 9.85. The zero-order valence-corrected chi connectivity index (χ0v) is 26.2. The van der Waals surface area contributed by atoms with Gasteiger partial charge in [0.05, 0.1) is 43.6 Å². The van der Waals surface area contributed by atoms with Crippen LogP contribution in [-0.4, -0.2) is 50.0 Å². The summed E-state index contributed by atoms with van der Waals surface area (Å²) in [5, 5.41) is 2.52. The number of ether oxygens (including phenoxy) is 7. The molecular formula is C35H31N3O8S.